The predicted octanol–water partition coefficient (Wildman–Crippen LogP) is 4.36. The summed E-state index contributed by atoms with van der Waals surface area (Å²) in [6, 6.07) is 0. The maximum Gasteiger partial charge on any atom is 0.306 e. The van der Waals surface area contributed by atoms with E-state index in [1.165, 1.54) is 32.1 Å². The third-order valence-corrected chi connectivity index (χ3v) is 6.04. The summed E-state index contributed by atoms with van der Waals surface area (Å²) in [6.45, 7) is 2.22. The van der Waals surface area contributed by atoms with Crippen LogP contribution in [-0.2, 0) is 9.53 Å². The summed E-state index contributed by atoms with van der Waals surface area (Å²) in [5, 5.41) is 10.7. The lowest BCUT2D eigenvalue weighted by molar-refractivity contribution is -0.219. The van der Waals surface area contributed by atoms with Gasteiger partial charge in [0.1, 0.15) is 5.60 Å². The molecule has 126 valence electrons. The Labute approximate surface area is 134 Å². The van der Waals surface area contributed by atoms with E-state index >= 15 is 0 Å². The van der Waals surface area contributed by atoms with Crippen LogP contribution in [0.5, 0.6) is 0 Å². The van der Waals surface area contributed by atoms with Gasteiger partial charge in [0.25, 0.3) is 0 Å². The van der Waals surface area contributed by atoms with Crippen molar-refractivity contribution in [1.82, 2.24) is 0 Å². The molecule has 0 aromatic rings. The number of carbonyl (C=O) groups is 1. The molecular formula is C19H32O3. The van der Waals surface area contributed by atoms with E-state index in [1.807, 2.05) is 0 Å². The minimum absolute atomic E-state index is 0.0268. The molecule has 1 N–H and O–H groups in total. The molecular weight excluding hydrogens is 276 g/mol. The second-order valence-electron chi connectivity index (χ2n) is 8.36. The van der Waals surface area contributed by atoms with Crippen molar-refractivity contribution in [2.24, 2.45) is 11.8 Å². The van der Waals surface area contributed by atoms with Gasteiger partial charge in [-0.2, -0.15) is 0 Å². The Morgan fingerprint density at radius 3 is 2.32 bits per heavy atom. The minimum atomic E-state index is -0.537. The Morgan fingerprint density at radius 2 is 1.68 bits per heavy atom. The van der Waals surface area contributed by atoms with Crippen molar-refractivity contribution in [2.45, 2.75) is 102 Å². The first-order chi connectivity index (χ1) is 10.5. The van der Waals surface area contributed by atoms with E-state index in [0.29, 0.717) is 24.7 Å². The van der Waals surface area contributed by atoms with Crippen molar-refractivity contribution in [3.8, 4) is 0 Å². The summed E-state index contributed by atoms with van der Waals surface area (Å²) in [7, 11) is 0. The molecule has 0 saturated heterocycles. The van der Waals surface area contributed by atoms with E-state index in [2.05, 4.69) is 6.92 Å². The lowest BCUT2D eigenvalue weighted by Gasteiger charge is -2.59. The van der Waals surface area contributed by atoms with E-state index in [1.54, 1.807) is 0 Å². The van der Waals surface area contributed by atoms with Gasteiger partial charge in [-0.1, -0.05) is 39.0 Å². The van der Waals surface area contributed by atoms with Crippen LogP contribution in [0.1, 0.15) is 90.4 Å². The monoisotopic (exact) mass is 308 g/mol. The summed E-state index contributed by atoms with van der Waals surface area (Å²) < 4.78 is 5.94. The minimum Gasteiger partial charge on any atom is -0.459 e. The van der Waals surface area contributed by atoms with Gasteiger partial charge in [0.05, 0.1) is 5.60 Å². The second kappa shape index (κ2) is 6.51. The van der Waals surface area contributed by atoms with Crippen LogP contribution in [0.25, 0.3) is 0 Å². The Morgan fingerprint density at radius 1 is 1.05 bits per heavy atom. The molecule has 4 saturated carbocycles. The van der Waals surface area contributed by atoms with Crippen LogP contribution >= 0.6 is 0 Å². The van der Waals surface area contributed by atoms with Gasteiger partial charge in [-0.15, -0.1) is 0 Å². The molecule has 4 aliphatic carbocycles. The predicted molar refractivity (Wildman–Crippen MR) is 86.4 cm³/mol. The van der Waals surface area contributed by atoms with E-state index < -0.39 is 5.60 Å². The molecule has 22 heavy (non-hydrogen) atoms. The fraction of sp³-hybridized carbons (Fsp3) is 0.947. The van der Waals surface area contributed by atoms with Crippen molar-refractivity contribution in [3.63, 3.8) is 0 Å². The summed E-state index contributed by atoms with van der Waals surface area (Å²) in [4.78, 5) is 12.2. The first-order valence-corrected chi connectivity index (χ1v) is 9.47. The third kappa shape index (κ3) is 3.67. The van der Waals surface area contributed by atoms with Crippen LogP contribution in [0.15, 0.2) is 0 Å². The maximum absolute atomic E-state index is 12.2. The third-order valence-electron chi connectivity index (χ3n) is 6.04. The summed E-state index contributed by atoms with van der Waals surface area (Å²) in [5.41, 5.74) is -0.858. The molecule has 0 heterocycles. The van der Waals surface area contributed by atoms with Crippen molar-refractivity contribution in [2.75, 3.05) is 0 Å². The molecule has 4 bridgehead atoms. The lowest BCUT2D eigenvalue weighted by atomic mass is 9.52. The first kappa shape index (κ1) is 16.3. The molecule has 0 aliphatic heterocycles. The van der Waals surface area contributed by atoms with E-state index in [0.717, 1.165) is 38.5 Å². The highest BCUT2D eigenvalue weighted by molar-refractivity contribution is 5.70. The Bertz CT molecular complexity index is 389. The van der Waals surface area contributed by atoms with Crippen molar-refractivity contribution in [1.29, 1.82) is 0 Å². The maximum atomic E-state index is 12.2. The largest absolute Gasteiger partial charge is 0.459 e. The van der Waals surface area contributed by atoms with Gasteiger partial charge in [0.15, 0.2) is 0 Å². The quantitative estimate of drug-likeness (QED) is 0.535. The highest BCUT2D eigenvalue weighted by Gasteiger charge is 2.59. The lowest BCUT2D eigenvalue weighted by Crippen LogP contribution is -2.60. The fourth-order valence-electron chi connectivity index (χ4n) is 5.59. The molecule has 0 aromatic heterocycles. The molecule has 0 aromatic carbocycles. The highest BCUT2D eigenvalue weighted by Crippen LogP contribution is 2.58. The van der Waals surface area contributed by atoms with Gasteiger partial charge < -0.3 is 9.84 Å². The summed E-state index contributed by atoms with van der Waals surface area (Å²) >= 11 is 0. The molecule has 4 fully saturated rings. The average Bonchev–Trinajstić information content (AvgIpc) is 2.39. The SMILES string of the molecule is CCCCCCCCC(=O)OC12CC3CC(CC(O)(C3)C1)C2. The number of carbonyl (C=O) groups excluding carboxylic acids is 1. The number of esters is 1. The number of aliphatic hydroxyl groups is 1. The van der Waals surface area contributed by atoms with Gasteiger partial charge in [-0.25, -0.2) is 0 Å². The Hall–Kier alpha value is -0.570. The van der Waals surface area contributed by atoms with E-state index in [9.17, 15) is 9.90 Å². The van der Waals surface area contributed by atoms with Crippen molar-refractivity contribution < 1.29 is 14.6 Å². The Balaban J connectivity index is 1.43. The van der Waals surface area contributed by atoms with Crippen LogP contribution in [0.2, 0.25) is 0 Å². The van der Waals surface area contributed by atoms with E-state index in [-0.39, 0.29) is 11.6 Å². The van der Waals surface area contributed by atoms with Crippen molar-refractivity contribution >= 4 is 5.97 Å². The van der Waals surface area contributed by atoms with Crippen LogP contribution in [0.3, 0.4) is 0 Å². The van der Waals surface area contributed by atoms with Crippen LogP contribution in [0.4, 0.5) is 0 Å². The molecule has 3 nitrogen and oxygen atoms in total. The molecule has 4 aliphatic rings. The topological polar surface area (TPSA) is 46.5 Å². The summed E-state index contributed by atoms with van der Waals surface area (Å²) in [6.07, 6.45) is 13.5. The van der Waals surface area contributed by atoms with Crippen LogP contribution < -0.4 is 0 Å². The average molecular weight is 308 g/mol. The van der Waals surface area contributed by atoms with Crippen LogP contribution in [-0.4, -0.2) is 22.3 Å². The zero-order chi connectivity index (χ0) is 15.6. The smallest absolute Gasteiger partial charge is 0.306 e. The standard InChI is InChI=1S/C19H32O3/c1-2-3-4-5-6-7-8-17(20)22-19-12-15-9-16(13-19)11-18(21,10-15)14-19/h15-16,21H,2-14H2,1H3. The fourth-order valence-corrected chi connectivity index (χ4v) is 5.59. The van der Waals surface area contributed by atoms with Gasteiger partial charge in [0, 0.05) is 12.8 Å². The van der Waals surface area contributed by atoms with E-state index in [4.69, 9.17) is 4.74 Å². The van der Waals surface area contributed by atoms with Crippen molar-refractivity contribution in [3.05, 3.63) is 0 Å². The second-order valence-corrected chi connectivity index (χ2v) is 8.36. The molecule has 3 heteroatoms. The summed E-state index contributed by atoms with van der Waals surface area (Å²) in [5.74, 6) is 1.13. The normalized spacial score (nSPS) is 39.2. The van der Waals surface area contributed by atoms with Gasteiger partial charge in [-0.3, -0.25) is 4.79 Å². The zero-order valence-electron chi connectivity index (χ0n) is 14.1. The molecule has 4 rings (SSSR count). The van der Waals surface area contributed by atoms with Crippen LogP contribution in [0, 0.1) is 11.8 Å². The zero-order valence-corrected chi connectivity index (χ0v) is 14.1. The number of unbranched alkanes of at least 4 members (excludes halogenated alkanes) is 5. The number of ether oxygens (including phenoxy) is 1. The van der Waals surface area contributed by atoms with Gasteiger partial charge in [-0.05, 0) is 50.4 Å². The first-order valence-electron chi connectivity index (χ1n) is 9.47. The molecule has 2 unspecified atom stereocenters. The Kier molecular flexibility index (Phi) is 4.82. The molecule has 0 amide bonds. The number of rotatable bonds is 8. The van der Waals surface area contributed by atoms with Gasteiger partial charge >= 0.3 is 5.97 Å². The molecule has 2 atom stereocenters. The highest BCUT2D eigenvalue weighted by atomic mass is 16.6. The number of hydrogen-bond acceptors (Lipinski definition) is 3. The molecule has 0 radical (unpaired) electrons. The number of hydrogen-bond donors (Lipinski definition) is 1. The molecule has 0 spiro atoms. The van der Waals surface area contributed by atoms with Gasteiger partial charge in [0.2, 0.25) is 0 Å².